The standard InChI is InChI=1S/C21H33N3O5/c1-8-24(12-18(25)22-14(4)5)21(27)19(13(2)3)23-20(26)15-9-16(28-6)11-17(10-15)29-7/h9-11,13-14,19H,8,12H2,1-7H3,(H,22,25)(H,23,26). The maximum absolute atomic E-state index is 13.0. The van der Waals surface area contributed by atoms with E-state index in [1.807, 2.05) is 27.7 Å². The largest absolute Gasteiger partial charge is 0.497 e. The number of likely N-dealkylation sites (N-methyl/N-ethyl adjacent to an activating group) is 1. The minimum atomic E-state index is -0.772. The van der Waals surface area contributed by atoms with E-state index in [4.69, 9.17) is 9.47 Å². The molecule has 0 saturated heterocycles. The number of methoxy groups -OCH3 is 2. The number of nitrogens with one attached hydrogen (secondary N) is 2. The van der Waals surface area contributed by atoms with E-state index >= 15 is 0 Å². The number of carbonyl (C=O) groups excluding carboxylic acids is 3. The number of hydrogen-bond donors (Lipinski definition) is 2. The van der Waals surface area contributed by atoms with Gasteiger partial charge in [-0.2, -0.15) is 0 Å². The van der Waals surface area contributed by atoms with Gasteiger partial charge >= 0.3 is 0 Å². The van der Waals surface area contributed by atoms with Gasteiger partial charge in [0.15, 0.2) is 0 Å². The van der Waals surface area contributed by atoms with Crippen LogP contribution in [0.25, 0.3) is 0 Å². The van der Waals surface area contributed by atoms with Crippen molar-refractivity contribution in [1.29, 1.82) is 0 Å². The zero-order chi connectivity index (χ0) is 22.1. The normalized spacial score (nSPS) is 11.8. The van der Waals surface area contributed by atoms with E-state index in [0.717, 1.165) is 0 Å². The molecule has 0 fully saturated rings. The third kappa shape index (κ3) is 7.29. The topological polar surface area (TPSA) is 97.0 Å². The summed E-state index contributed by atoms with van der Waals surface area (Å²) in [7, 11) is 3.00. The lowest BCUT2D eigenvalue weighted by atomic mass is 10.0. The molecule has 0 heterocycles. The molecular formula is C21H33N3O5. The Kier molecular flexibility index (Phi) is 9.44. The summed E-state index contributed by atoms with van der Waals surface area (Å²) < 4.78 is 10.4. The average Bonchev–Trinajstić information content (AvgIpc) is 2.68. The SMILES string of the molecule is CCN(CC(=O)NC(C)C)C(=O)C(NC(=O)c1cc(OC)cc(OC)c1)C(C)C. The second-order valence-electron chi connectivity index (χ2n) is 7.37. The number of carbonyl (C=O) groups is 3. The van der Waals surface area contributed by atoms with Gasteiger partial charge in [0.2, 0.25) is 11.8 Å². The van der Waals surface area contributed by atoms with Crippen molar-refractivity contribution in [2.24, 2.45) is 5.92 Å². The summed E-state index contributed by atoms with van der Waals surface area (Å²) in [5, 5.41) is 5.57. The second-order valence-corrected chi connectivity index (χ2v) is 7.37. The molecule has 0 bridgehead atoms. The van der Waals surface area contributed by atoms with Crippen LogP contribution < -0.4 is 20.1 Å². The molecule has 0 aliphatic heterocycles. The number of ether oxygens (including phenoxy) is 2. The van der Waals surface area contributed by atoms with Crippen LogP contribution in [0.15, 0.2) is 18.2 Å². The van der Waals surface area contributed by atoms with Crippen molar-refractivity contribution in [3.8, 4) is 11.5 Å². The molecular weight excluding hydrogens is 374 g/mol. The van der Waals surface area contributed by atoms with Crippen LogP contribution >= 0.6 is 0 Å². The van der Waals surface area contributed by atoms with Gasteiger partial charge in [-0.15, -0.1) is 0 Å². The molecule has 162 valence electrons. The summed E-state index contributed by atoms with van der Waals surface area (Å²) >= 11 is 0. The van der Waals surface area contributed by atoms with E-state index in [-0.39, 0.29) is 30.3 Å². The fraction of sp³-hybridized carbons (Fsp3) is 0.571. The Labute approximate surface area is 172 Å². The Morgan fingerprint density at radius 1 is 0.966 bits per heavy atom. The van der Waals surface area contributed by atoms with Crippen LogP contribution in [-0.2, 0) is 9.59 Å². The first-order valence-corrected chi connectivity index (χ1v) is 9.74. The molecule has 1 atom stereocenters. The number of benzene rings is 1. The molecule has 0 aromatic heterocycles. The Morgan fingerprint density at radius 2 is 1.52 bits per heavy atom. The van der Waals surface area contributed by atoms with Gasteiger partial charge in [0.05, 0.1) is 20.8 Å². The lowest BCUT2D eigenvalue weighted by molar-refractivity contribution is -0.138. The average molecular weight is 408 g/mol. The van der Waals surface area contributed by atoms with Crippen molar-refractivity contribution in [2.75, 3.05) is 27.3 Å². The van der Waals surface area contributed by atoms with E-state index in [1.54, 1.807) is 25.1 Å². The molecule has 1 rings (SSSR count). The van der Waals surface area contributed by atoms with Gasteiger partial charge < -0.3 is 25.0 Å². The molecule has 0 spiro atoms. The Morgan fingerprint density at radius 3 is 1.93 bits per heavy atom. The van der Waals surface area contributed by atoms with Crippen LogP contribution in [-0.4, -0.2) is 62.0 Å². The molecule has 0 aliphatic rings. The van der Waals surface area contributed by atoms with Gasteiger partial charge in [0.1, 0.15) is 17.5 Å². The van der Waals surface area contributed by atoms with Crippen LogP contribution in [0, 0.1) is 5.92 Å². The summed E-state index contributed by atoms with van der Waals surface area (Å²) in [5.41, 5.74) is 0.320. The predicted molar refractivity (Wildman–Crippen MR) is 111 cm³/mol. The van der Waals surface area contributed by atoms with Crippen molar-refractivity contribution >= 4 is 17.7 Å². The molecule has 0 aliphatic carbocycles. The van der Waals surface area contributed by atoms with E-state index in [2.05, 4.69) is 10.6 Å². The lowest BCUT2D eigenvalue weighted by Gasteiger charge is -2.29. The predicted octanol–water partition coefficient (Wildman–Crippen LogP) is 1.83. The summed E-state index contributed by atoms with van der Waals surface area (Å²) in [6, 6.07) is 4.03. The molecule has 1 aromatic rings. The smallest absolute Gasteiger partial charge is 0.252 e. The van der Waals surface area contributed by atoms with Gasteiger partial charge in [-0.1, -0.05) is 13.8 Å². The Balaban J connectivity index is 3.00. The number of rotatable bonds is 10. The van der Waals surface area contributed by atoms with E-state index in [1.165, 1.54) is 19.1 Å². The van der Waals surface area contributed by atoms with Crippen LogP contribution in [0.1, 0.15) is 45.0 Å². The van der Waals surface area contributed by atoms with E-state index in [0.29, 0.717) is 23.6 Å². The third-order valence-corrected chi connectivity index (χ3v) is 4.31. The summed E-state index contributed by atoms with van der Waals surface area (Å²) in [6.07, 6.45) is 0. The summed E-state index contributed by atoms with van der Waals surface area (Å²) in [4.78, 5) is 39.4. The highest BCUT2D eigenvalue weighted by molar-refractivity contribution is 5.98. The van der Waals surface area contributed by atoms with Gasteiger partial charge in [-0.05, 0) is 38.8 Å². The van der Waals surface area contributed by atoms with E-state index in [9.17, 15) is 14.4 Å². The highest BCUT2D eigenvalue weighted by Crippen LogP contribution is 2.22. The van der Waals surface area contributed by atoms with Gasteiger partial charge in [0.25, 0.3) is 5.91 Å². The van der Waals surface area contributed by atoms with Gasteiger partial charge in [-0.3, -0.25) is 14.4 Å². The van der Waals surface area contributed by atoms with Crippen molar-refractivity contribution in [2.45, 2.75) is 46.7 Å². The quantitative estimate of drug-likeness (QED) is 0.617. The van der Waals surface area contributed by atoms with E-state index < -0.39 is 11.9 Å². The first-order chi connectivity index (χ1) is 13.6. The molecule has 1 unspecified atom stereocenters. The van der Waals surface area contributed by atoms with Crippen molar-refractivity contribution in [1.82, 2.24) is 15.5 Å². The first kappa shape index (κ1) is 24.3. The molecule has 1 aromatic carbocycles. The van der Waals surface area contributed by atoms with Crippen molar-refractivity contribution in [3.05, 3.63) is 23.8 Å². The minimum absolute atomic E-state index is 0.0139. The first-order valence-electron chi connectivity index (χ1n) is 9.74. The zero-order valence-electron chi connectivity index (χ0n) is 18.4. The highest BCUT2D eigenvalue weighted by atomic mass is 16.5. The van der Waals surface area contributed by atoms with Crippen molar-refractivity contribution < 1.29 is 23.9 Å². The fourth-order valence-electron chi connectivity index (χ4n) is 2.76. The molecule has 0 radical (unpaired) electrons. The fourth-order valence-corrected chi connectivity index (χ4v) is 2.76. The second kappa shape index (κ2) is 11.3. The monoisotopic (exact) mass is 407 g/mol. The third-order valence-electron chi connectivity index (χ3n) is 4.31. The highest BCUT2D eigenvalue weighted by Gasteiger charge is 2.29. The summed E-state index contributed by atoms with van der Waals surface area (Å²) in [5.74, 6) is -0.172. The molecule has 8 heteroatoms. The summed E-state index contributed by atoms with van der Waals surface area (Å²) in [6.45, 7) is 9.50. The van der Waals surface area contributed by atoms with Crippen LogP contribution in [0.5, 0.6) is 11.5 Å². The van der Waals surface area contributed by atoms with Gasteiger partial charge in [0, 0.05) is 24.2 Å². The Hall–Kier alpha value is -2.77. The molecule has 8 nitrogen and oxygen atoms in total. The van der Waals surface area contributed by atoms with Crippen LogP contribution in [0.4, 0.5) is 0 Å². The lowest BCUT2D eigenvalue weighted by Crippen LogP contribution is -2.53. The number of nitrogens with zero attached hydrogens (tertiary/aromatic N) is 1. The maximum Gasteiger partial charge on any atom is 0.252 e. The number of amides is 3. The molecule has 29 heavy (non-hydrogen) atoms. The Bertz CT molecular complexity index is 696. The molecule has 3 amide bonds. The number of hydrogen-bond acceptors (Lipinski definition) is 5. The zero-order valence-corrected chi connectivity index (χ0v) is 18.4. The molecule has 0 saturated carbocycles. The van der Waals surface area contributed by atoms with Crippen LogP contribution in [0.3, 0.4) is 0 Å². The van der Waals surface area contributed by atoms with Gasteiger partial charge in [-0.25, -0.2) is 0 Å². The van der Waals surface area contributed by atoms with Crippen molar-refractivity contribution in [3.63, 3.8) is 0 Å². The minimum Gasteiger partial charge on any atom is -0.497 e. The molecule has 2 N–H and O–H groups in total. The maximum atomic E-state index is 13.0. The van der Waals surface area contributed by atoms with Crippen LogP contribution in [0.2, 0.25) is 0 Å².